The van der Waals surface area contributed by atoms with Crippen LogP contribution in [0.25, 0.3) is 22.1 Å². The number of fused-ring (bicyclic) bond motifs is 3. The molecule has 0 unspecified atom stereocenters. The van der Waals surface area contributed by atoms with E-state index in [1.54, 1.807) is 12.4 Å². The van der Waals surface area contributed by atoms with Crippen LogP contribution in [0.3, 0.4) is 0 Å². The van der Waals surface area contributed by atoms with Gasteiger partial charge in [-0.05, 0) is 42.8 Å². The molecule has 9 heteroatoms. The van der Waals surface area contributed by atoms with Crippen LogP contribution in [0.2, 0.25) is 0 Å². The summed E-state index contributed by atoms with van der Waals surface area (Å²) < 4.78 is 8.35. The standard InChI is InChI=1S/C17H20BrN5O3/c1-4-26-8-13-21-12-7-19-11-5-10(18)6-20-14(11)15(12)23(13)9-17(2,3)22-16(24)25/h5-7,22H,4,8-9H2,1-3H3,(H,24,25). The minimum atomic E-state index is -1.07. The third-order valence-electron chi connectivity index (χ3n) is 3.89. The topological polar surface area (TPSA) is 102 Å². The number of rotatable bonds is 6. The molecule has 0 radical (unpaired) electrons. The predicted octanol–water partition coefficient (Wildman–Crippen LogP) is 3.32. The molecule has 0 spiro atoms. The maximum atomic E-state index is 11.1. The van der Waals surface area contributed by atoms with Crippen LogP contribution in [0.5, 0.6) is 0 Å². The lowest BCUT2D eigenvalue weighted by molar-refractivity contribution is 0.124. The van der Waals surface area contributed by atoms with E-state index in [1.807, 2.05) is 31.4 Å². The number of pyridine rings is 2. The number of halogens is 1. The molecular weight excluding hydrogens is 402 g/mol. The third-order valence-corrected chi connectivity index (χ3v) is 4.33. The van der Waals surface area contributed by atoms with Crippen molar-refractivity contribution in [1.29, 1.82) is 0 Å². The van der Waals surface area contributed by atoms with Crippen molar-refractivity contribution < 1.29 is 14.6 Å². The average Bonchev–Trinajstić information content (AvgIpc) is 2.88. The zero-order valence-corrected chi connectivity index (χ0v) is 16.4. The van der Waals surface area contributed by atoms with Gasteiger partial charge in [0, 0.05) is 23.8 Å². The first-order valence-corrected chi connectivity index (χ1v) is 8.98. The molecule has 0 fully saturated rings. The number of aromatic nitrogens is 4. The highest BCUT2D eigenvalue weighted by molar-refractivity contribution is 9.10. The summed E-state index contributed by atoms with van der Waals surface area (Å²) >= 11 is 3.41. The van der Waals surface area contributed by atoms with Gasteiger partial charge < -0.3 is 19.7 Å². The largest absolute Gasteiger partial charge is 0.465 e. The maximum Gasteiger partial charge on any atom is 0.405 e. The Morgan fingerprint density at radius 1 is 1.35 bits per heavy atom. The van der Waals surface area contributed by atoms with Crippen LogP contribution in [0.1, 0.15) is 26.6 Å². The summed E-state index contributed by atoms with van der Waals surface area (Å²) in [5, 5.41) is 11.7. The number of carbonyl (C=O) groups is 1. The number of nitrogens with one attached hydrogen (secondary N) is 1. The fourth-order valence-electron chi connectivity index (χ4n) is 2.90. The lowest BCUT2D eigenvalue weighted by Crippen LogP contribution is -2.46. The monoisotopic (exact) mass is 421 g/mol. The minimum Gasteiger partial charge on any atom is -0.465 e. The minimum absolute atomic E-state index is 0.326. The van der Waals surface area contributed by atoms with Crippen molar-refractivity contribution in [3.05, 3.63) is 28.8 Å². The van der Waals surface area contributed by atoms with E-state index < -0.39 is 11.6 Å². The van der Waals surface area contributed by atoms with Gasteiger partial charge in [0.2, 0.25) is 0 Å². The molecule has 3 heterocycles. The molecule has 2 N–H and O–H groups in total. The molecule has 8 nitrogen and oxygen atoms in total. The summed E-state index contributed by atoms with van der Waals surface area (Å²) in [6.45, 7) is 6.83. The number of imidazole rings is 1. The second-order valence-electron chi connectivity index (χ2n) is 6.58. The Morgan fingerprint density at radius 3 is 2.81 bits per heavy atom. The number of hydrogen-bond acceptors (Lipinski definition) is 5. The van der Waals surface area contributed by atoms with E-state index in [1.165, 1.54) is 0 Å². The lowest BCUT2D eigenvalue weighted by Gasteiger charge is -2.26. The van der Waals surface area contributed by atoms with Gasteiger partial charge in [-0.2, -0.15) is 0 Å². The van der Waals surface area contributed by atoms with Gasteiger partial charge in [0.15, 0.2) is 0 Å². The van der Waals surface area contributed by atoms with Gasteiger partial charge in [0.25, 0.3) is 0 Å². The van der Waals surface area contributed by atoms with Crippen LogP contribution in [0.4, 0.5) is 4.79 Å². The molecule has 0 aromatic carbocycles. The van der Waals surface area contributed by atoms with Crippen LogP contribution in [-0.4, -0.2) is 42.9 Å². The Labute approximate surface area is 158 Å². The lowest BCUT2D eigenvalue weighted by atomic mass is 10.1. The normalized spacial score (nSPS) is 12.0. The molecule has 26 heavy (non-hydrogen) atoms. The van der Waals surface area contributed by atoms with Crippen molar-refractivity contribution in [2.75, 3.05) is 6.61 Å². The summed E-state index contributed by atoms with van der Waals surface area (Å²) in [5.41, 5.74) is 2.27. The van der Waals surface area contributed by atoms with Gasteiger partial charge >= 0.3 is 6.09 Å². The molecule has 0 aliphatic heterocycles. The van der Waals surface area contributed by atoms with Crippen LogP contribution < -0.4 is 5.32 Å². The maximum absolute atomic E-state index is 11.1. The van der Waals surface area contributed by atoms with Crippen LogP contribution >= 0.6 is 15.9 Å². The zero-order valence-electron chi connectivity index (χ0n) is 14.8. The summed E-state index contributed by atoms with van der Waals surface area (Å²) in [4.78, 5) is 24.7. The first-order valence-electron chi connectivity index (χ1n) is 8.19. The van der Waals surface area contributed by atoms with Gasteiger partial charge in [-0.15, -0.1) is 0 Å². The number of nitrogens with zero attached hydrogens (tertiary/aromatic N) is 4. The molecule has 3 aromatic rings. The van der Waals surface area contributed by atoms with Crippen LogP contribution in [0, 0.1) is 0 Å². The van der Waals surface area contributed by atoms with Crippen molar-refractivity contribution in [3.63, 3.8) is 0 Å². The van der Waals surface area contributed by atoms with Gasteiger partial charge in [0.1, 0.15) is 23.5 Å². The Balaban J connectivity index is 2.19. The molecular formula is C17H20BrN5O3. The highest BCUT2D eigenvalue weighted by atomic mass is 79.9. The second kappa shape index (κ2) is 7.16. The number of hydrogen-bond donors (Lipinski definition) is 2. The number of ether oxygens (including phenoxy) is 1. The van der Waals surface area contributed by atoms with Gasteiger partial charge in [-0.25, -0.2) is 9.78 Å². The van der Waals surface area contributed by atoms with Crippen molar-refractivity contribution in [3.8, 4) is 0 Å². The average molecular weight is 422 g/mol. The Hall–Kier alpha value is -2.26. The molecule has 0 aliphatic carbocycles. The van der Waals surface area contributed by atoms with E-state index in [4.69, 9.17) is 9.84 Å². The summed E-state index contributed by atoms with van der Waals surface area (Å²) in [6.07, 6.45) is 2.35. The van der Waals surface area contributed by atoms with Gasteiger partial charge in [0.05, 0.1) is 22.8 Å². The van der Waals surface area contributed by atoms with Crippen LogP contribution in [0.15, 0.2) is 22.9 Å². The predicted molar refractivity (Wildman–Crippen MR) is 101 cm³/mol. The molecule has 3 rings (SSSR count). The highest BCUT2D eigenvalue weighted by Crippen LogP contribution is 2.27. The fourth-order valence-corrected chi connectivity index (χ4v) is 3.22. The highest BCUT2D eigenvalue weighted by Gasteiger charge is 2.25. The van der Waals surface area contributed by atoms with E-state index >= 15 is 0 Å². The Morgan fingerprint density at radius 2 is 2.12 bits per heavy atom. The van der Waals surface area contributed by atoms with E-state index in [2.05, 4.69) is 36.2 Å². The fraction of sp³-hybridized carbons (Fsp3) is 0.412. The number of carboxylic acid groups (broad SMARTS) is 1. The first-order chi connectivity index (χ1) is 12.3. The van der Waals surface area contributed by atoms with Crippen molar-refractivity contribution in [1.82, 2.24) is 24.8 Å². The van der Waals surface area contributed by atoms with E-state index in [0.29, 0.717) is 36.6 Å². The summed E-state index contributed by atoms with van der Waals surface area (Å²) in [6, 6.07) is 1.89. The van der Waals surface area contributed by atoms with Crippen molar-refractivity contribution in [2.24, 2.45) is 0 Å². The SMILES string of the molecule is CCOCc1nc2cnc3cc(Br)cnc3c2n1CC(C)(C)NC(=O)O. The zero-order chi connectivity index (χ0) is 18.9. The number of amides is 1. The van der Waals surface area contributed by atoms with Gasteiger partial charge in [-0.1, -0.05) is 0 Å². The Bertz CT molecular complexity index is 970. The quantitative estimate of drug-likeness (QED) is 0.632. The third kappa shape index (κ3) is 3.78. The molecule has 1 amide bonds. The van der Waals surface area contributed by atoms with E-state index in [-0.39, 0.29) is 0 Å². The molecule has 0 atom stereocenters. The molecule has 0 saturated heterocycles. The molecule has 0 bridgehead atoms. The van der Waals surface area contributed by atoms with E-state index in [9.17, 15) is 4.79 Å². The van der Waals surface area contributed by atoms with E-state index in [0.717, 1.165) is 15.5 Å². The molecule has 0 aliphatic rings. The van der Waals surface area contributed by atoms with Gasteiger partial charge in [-0.3, -0.25) is 9.97 Å². The van der Waals surface area contributed by atoms with Crippen LogP contribution in [-0.2, 0) is 17.9 Å². The molecule has 138 valence electrons. The van der Waals surface area contributed by atoms with Crippen molar-refractivity contribution in [2.45, 2.75) is 39.5 Å². The molecule has 0 saturated carbocycles. The summed E-state index contributed by atoms with van der Waals surface area (Å²) in [5.74, 6) is 0.709. The van der Waals surface area contributed by atoms with Crippen molar-refractivity contribution >= 4 is 44.1 Å². The smallest absolute Gasteiger partial charge is 0.405 e. The first kappa shape index (κ1) is 18.5. The molecule has 3 aromatic heterocycles. The second-order valence-corrected chi connectivity index (χ2v) is 7.49. The summed E-state index contributed by atoms with van der Waals surface area (Å²) in [7, 11) is 0. The Kier molecular flexibility index (Phi) is 5.10.